The van der Waals surface area contributed by atoms with E-state index in [2.05, 4.69) is 22.6 Å². The Bertz CT molecular complexity index is 714. The van der Waals surface area contributed by atoms with Gasteiger partial charge in [0.25, 0.3) is 0 Å². The summed E-state index contributed by atoms with van der Waals surface area (Å²) < 4.78 is 29.5. The lowest BCUT2D eigenvalue weighted by Gasteiger charge is -2.09. The smallest absolute Gasteiger partial charge is 0.175 e. The summed E-state index contributed by atoms with van der Waals surface area (Å²) in [5, 5.41) is 0. The Morgan fingerprint density at radius 3 is 2.53 bits per heavy atom. The first-order valence-electron chi connectivity index (χ1n) is 5.39. The van der Waals surface area contributed by atoms with E-state index in [1.165, 1.54) is 18.4 Å². The third kappa shape index (κ3) is 3.60. The molecule has 0 fully saturated rings. The molecule has 0 spiro atoms. The van der Waals surface area contributed by atoms with E-state index in [0.717, 1.165) is 3.57 Å². The predicted molar refractivity (Wildman–Crippen MR) is 83.2 cm³/mol. The Labute approximate surface area is 125 Å². The summed E-state index contributed by atoms with van der Waals surface area (Å²) >= 11 is 2.11. The van der Waals surface area contributed by atoms with Gasteiger partial charge in [-0.25, -0.2) is 8.42 Å². The highest BCUT2D eigenvalue weighted by molar-refractivity contribution is 14.1. The molecule has 19 heavy (non-hydrogen) atoms. The minimum Gasteiger partial charge on any atom is -0.456 e. The van der Waals surface area contributed by atoms with Gasteiger partial charge in [-0.05, 0) is 59.0 Å². The quantitative estimate of drug-likeness (QED) is 0.647. The van der Waals surface area contributed by atoms with Crippen molar-refractivity contribution in [1.29, 1.82) is 0 Å². The molecule has 2 rings (SSSR count). The van der Waals surface area contributed by atoms with Crippen molar-refractivity contribution in [3.05, 3.63) is 46.0 Å². The number of sulfone groups is 1. The van der Waals surface area contributed by atoms with E-state index in [1.54, 1.807) is 30.3 Å². The molecule has 0 unspecified atom stereocenters. The zero-order valence-electron chi connectivity index (χ0n) is 10.1. The van der Waals surface area contributed by atoms with Crippen LogP contribution in [0.5, 0.6) is 11.5 Å². The molecule has 100 valence electrons. The number of ether oxygens (including phenoxy) is 1. The predicted octanol–water partition coefficient (Wildman–Crippen LogP) is 3.07. The average molecular weight is 389 g/mol. The van der Waals surface area contributed by atoms with Crippen molar-refractivity contribution in [3.8, 4) is 11.5 Å². The van der Waals surface area contributed by atoms with Crippen molar-refractivity contribution >= 4 is 38.1 Å². The van der Waals surface area contributed by atoms with Gasteiger partial charge in [0.05, 0.1) is 8.47 Å². The van der Waals surface area contributed by atoms with Crippen LogP contribution >= 0.6 is 22.6 Å². The van der Waals surface area contributed by atoms with Gasteiger partial charge in [-0.1, -0.05) is 6.07 Å². The molecule has 0 heterocycles. The largest absolute Gasteiger partial charge is 0.456 e. The molecule has 0 aromatic heterocycles. The van der Waals surface area contributed by atoms with Crippen molar-refractivity contribution in [2.24, 2.45) is 0 Å². The number of nitrogen functional groups attached to an aromatic ring is 1. The Hall–Kier alpha value is -1.28. The van der Waals surface area contributed by atoms with Gasteiger partial charge in [-0.15, -0.1) is 0 Å². The summed E-state index contributed by atoms with van der Waals surface area (Å²) in [7, 11) is -3.24. The first-order valence-corrected chi connectivity index (χ1v) is 8.36. The number of nitrogens with two attached hydrogens (primary N) is 1. The normalized spacial score (nSPS) is 11.3. The summed E-state index contributed by atoms with van der Waals surface area (Å²) in [6.45, 7) is 0. The highest BCUT2D eigenvalue weighted by Gasteiger charge is 2.09. The molecule has 0 radical (unpaired) electrons. The van der Waals surface area contributed by atoms with Crippen LogP contribution in [0.1, 0.15) is 0 Å². The van der Waals surface area contributed by atoms with Crippen LogP contribution in [-0.4, -0.2) is 14.7 Å². The van der Waals surface area contributed by atoms with Crippen molar-refractivity contribution in [1.82, 2.24) is 0 Å². The molecule has 4 nitrogen and oxygen atoms in total. The van der Waals surface area contributed by atoms with Crippen LogP contribution in [0.15, 0.2) is 47.4 Å². The zero-order chi connectivity index (χ0) is 14.0. The molecule has 0 aliphatic rings. The SMILES string of the molecule is CS(=O)(=O)c1cccc(Oc2ccc(N)cc2I)c1. The van der Waals surface area contributed by atoms with Gasteiger partial charge >= 0.3 is 0 Å². The Morgan fingerprint density at radius 1 is 1.16 bits per heavy atom. The van der Waals surface area contributed by atoms with E-state index in [1.807, 2.05) is 0 Å². The molecule has 6 heteroatoms. The lowest BCUT2D eigenvalue weighted by atomic mass is 10.3. The highest BCUT2D eigenvalue weighted by atomic mass is 127. The lowest BCUT2D eigenvalue weighted by Crippen LogP contribution is -1.97. The number of halogens is 1. The van der Waals surface area contributed by atoms with E-state index in [0.29, 0.717) is 17.2 Å². The highest BCUT2D eigenvalue weighted by Crippen LogP contribution is 2.29. The zero-order valence-corrected chi connectivity index (χ0v) is 13.1. The van der Waals surface area contributed by atoms with Gasteiger partial charge in [-0.2, -0.15) is 0 Å². The van der Waals surface area contributed by atoms with Crippen molar-refractivity contribution in [3.63, 3.8) is 0 Å². The second kappa shape index (κ2) is 5.38. The molecule has 0 aliphatic heterocycles. The van der Waals surface area contributed by atoms with Crippen LogP contribution in [0.2, 0.25) is 0 Å². The molecular formula is C13H12INO3S. The molecule has 0 aliphatic carbocycles. The van der Waals surface area contributed by atoms with Gasteiger partial charge < -0.3 is 10.5 Å². The summed E-state index contributed by atoms with van der Waals surface area (Å²) in [6.07, 6.45) is 1.17. The average Bonchev–Trinajstić information content (AvgIpc) is 2.32. The van der Waals surface area contributed by atoms with E-state index in [-0.39, 0.29) is 4.90 Å². The standard InChI is InChI=1S/C13H12INO3S/c1-19(16,17)11-4-2-3-10(8-11)18-13-6-5-9(15)7-12(13)14/h2-8H,15H2,1H3. The minimum absolute atomic E-state index is 0.232. The number of hydrogen-bond donors (Lipinski definition) is 1. The van der Waals surface area contributed by atoms with E-state index in [9.17, 15) is 8.42 Å². The summed E-state index contributed by atoms with van der Waals surface area (Å²) in [5.74, 6) is 1.12. The molecule has 0 saturated carbocycles. The molecule has 2 aromatic carbocycles. The van der Waals surface area contributed by atoms with Crippen molar-refractivity contribution in [2.45, 2.75) is 4.90 Å². The first kappa shape index (κ1) is 14.1. The van der Waals surface area contributed by atoms with Crippen LogP contribution in [-0.2, 0) is 9.84 Å². The lowest BCUT2D eigenvalue weighted by molar-refractivity contribution is 0.477. The summed E-state index contributed by atoms with van der Waals surface area (Å²) in [5.41, 5.74) is 6.32. The monoisotopic (exact) mass is 389 g/mol. The Balaban J connectivity index is 2.34. The second-order valence-electron chi connectivity index (χ2n) is 4.04. The van der Waals surface area contributed by atoms with Gasteiger partial charge in [-0.3, -0.25) is 0 Å². The molecular weight excluding hydrogens is 377 g/mol. The molecule has 0 saturated heterocycles. The first-order chi connectivity index (χ1) is 8.86. The third-order valence-corrected chi connectivity index (χ3v) is 4.37. The fourth-order valence-electron chi connectivity index (χ4n) is 1.50. The topological polar surface area (TPSA) is 69.4 Å². The number of anilines is 1. The van der Waals surface area contributed by atoms with E-state index < -0.39 is 9.84 Å². The van der Waals surface area contributed by atoms with Crippen molar-refractivity contribution in [2.75, 3.05) is 12.0 Å². The van der Waals surface area contributed by atoms with E-state index >= 15 is 0 Å². The molecule has 0 atom stereocenters. The van der Waals surface area contributed by atoms with Gasteiger partial charge in [0, 0.05) is 11.9 Å². The van der Waals surface area contributed by atoms with Crippen LogP contribution in [0.4, 0.5) is 5.69 Å². The fourth-order valence-corrected chi connectivity index (χ4v) is 2.80. The van der Waals surface area contributed by atoms with Gasteiger partial charge in [0.1, 0.15) is 11.5 Å². The summed E-state index contributed by atoms with van der Waals surface area (Å²) in [6, 6.07) is 11.7. The Morgan fingerprint density at radius 2 is 1.89 bits per heavy atom. The van der Waals surface area contributed by atoms with Gasteiger partial charge in [0.2, 0.25) is 0 Å². The fraction of sp³-hybridized carbons (Fsp3) is 0.0769. The molecule has 2 N–H and O–H groups in total. The minimum atomic E-state index is -3.24. The molecule has 2 aromatic rings. The molecule has 0 bridgehead atoms. The number of hydrogen-bond acceptors (Lipinski definition) is 4. The maximum absolute atomic E-state index is 11.5. The van der Waals surface area contributed by atoms with Gasteiger partial charge in [0.15, 0.2) is 9.84 Å². The maximum Gasteiger partial charge on any atom is 0.175 e. The molecule has 0 amide bonds. The third-order valence-electron chi connectivity index (χ3n) is 2.42. The number of rotatable bonds is 3. The van der Waals surface area contributed by atoms with Crippen molar-refractivity contribution < 1.29 is 13.2 Å². The van der Waals surface area contributed by atoms with Crippen LogP contribution in [0, 0.1) is 3.57 Å². The Kier molecular flexibility index (Phi) is 4.00. The number of benzene rings is 2. The van der Waals surface area contributed by atoms with Crippen LogP contribution in [0.25, 0.3) is 0 Å². The van der Waals surface area contributed by atoms with Crippen LogP contribution in [0.3, 0.4) is 0 Å². The van der Waals surface area contributed by atoms with Crippen LogP contribution < -0.4 is 10.5 Å². The summed E-state index contributed by atoms with van der Waals surface area (Å²) in [4.78, 5) is 0.232. The van der Waals surface area contributed by atoms with E-state index in [4.69, 9.17) is 10.5 Å². The second-order valence-corrected chi connectivity index (χ2v) is 7.22. The maximum atomic E-state index is 11.5.